The van der Waals surface area contributed by atoms with E-state index in [0.717, 1.165) is 0 Å². The minimum Gasteiger partial charge on any atom is -0.490 e. The van der Waals surface area contributed by atoms with Gasteiger partial charge in [-0.15, -0.1) is 0 Å². The Morgan fingerprint density at radius 2 is 1.84 bits per heavy atom. The molecule has 134 valence electrons. The molecule has 0 fully saturated rings. The molecule has 9 heteroatoms. The van der Waals surface area contributed by atoms with Crippen LogP contribution in [0.1, 0.15) is 0 Å². The zero-order valence-corrected chi connectivity index (χ0v) is 15.3. The number of benzene rings is 2. The van der Waals surface area contributed by atoms with Crippen LogP contribution >= 0.6 is 15.9 Å². The molecule has 6 nitrogen and oxygen atoms in total. The van der Waals surface area contributed by atoms with Gasteiger partial charge >= 0.3 is 5.97 Å². The second kappa shape index (κ2) is 8.93. The smallest absolute Gasteiger partial charge is 0.321 e. The number of esters is 1. The van der Waals surface area contributed by atoms with Gasteiger partial charge in [-0.05, 0) is 42.5 Å². The molecule has 0 aromatic heterocycles. The number of sulfonamides is 1. The lowest BCUT2D eigenvalue weighted by molar-refractivity contribution is -0.142. The average Bonchev–Trinajstić information content (AvgIpc) is 2.58. The summed E-state index contributed by atoms with van der Waals surface area (Å²) in [6.07, 6.45) is 0. The summed E-state index contributed by atoms with van der Waals surface area (Å²) in [5.41, 5.74) is 0. The number of hydrogen-bond acceptors (Lipinski definition) is 5. The fourth-order valence-corrected chi connectivity index (χ4v) is 3.33. The van der Waals surface area contributed by atoms with Gasteiger partial charge in [0.05, 0.1) is 4.90 Å². The van der Waals surface area contributed by atoms with Crippen molar-refractivity contribution in [2.75, 3.05) is 19.8 Å². The number of carbonyl (C=O) groups is 1. The molecule has 0 heterocycles. The number of halogens is 2. The summed E-state index contributed by atoms with van der Waals surface area (Å²) >= 11 is 3.18. The molecule has 0 saturated heterocycles. The fourth-order valence-electron chi connectivity index (χ4n) is 1.77. The van der Waals surface area contributed by atoms with Gasteiger partial charge in [-0.25, -0.2) is 12.8 Å². The highest BCUT2D eigenvalue weighted by Crippen LogP contribution is 2.15. The van der Waals surface area contributed by atoms with Gasteiger partial charge in [0.2, 0.25) is 10.0 Å². The van der Waals surface area contributed by atoms with E-state index in [4.69, 9.17) is 9.47 Å². The van der Waals surface area contributed by atoms with Crippen molar-refractivity contribution in [3.05, 3.63) is 58.8 Å². The molecular formula is C16H15BrFNO5S. The Hall–Kier alpha value is -1.97. The van der Waals surface area contributed by atoms with Crippen molar-refractivity contribution in [1.82, 2.24) is 4.72 Å². The van der Waals surface area contributed by atoms with Gasteiger partial charge in [-0.3, -0.25) is 4.79 Å². The van der Waals surface area contributed by atoms with Crippen molar-refractivity contribution in [3.63, 3.8) is 0 Å². The molecule has 2 rings (SSSR count). The molecule has 0 bridgehead atoms. The van der Waals surface area contributed by atoms with Crippen LogP contribution in [-0.4, -0.2) is 34.1 Å². The van der Waals surface area contributed by atoms with Gasteiger partial charge in [-0.1, -0.05) is 22.0 Å². The normalized spacial score (nSPS) is 11.1. The Morgan fingerprint density at radius 3 is 2.52 bits per heavy atom. The largest absolute Gasteiger partial charge is 0.490 e. The maximum Gasteiger partial charge on any atom is 0.321 e. The summed E-state index contributed by atoms with van der Waals surface area (Å²) in [5.74, 6) is -0.675. The van der Waals surface area contributed by atoms with E-state index in [2.05, 4.69) is 20.7 Å². The van der Waals surface area contributed by atoms with Crippen molar-refractivity contribution in [2.24, 2.45) is 0 Å². The zero-order chi connectivity index (χ0) is 18.3. The number of ether oxygens (including phenoxy) is 2. The standard InChI is InChI=1S/C16H15BrFNO5S/c17-12-2-1-3-15(10-12)25(21,22)19-11-16(20)24-9-8-23-14-6-4-13(18)5-7-14/h1-7,10,19H,8-9,11H2. The minimum absolute atomic E-state index is 0.0364. The molecule has 25 heavy (non-hydrogen) atoms. The third-order valence-corrected chi connectivity index (χ3v) is 4.83. The first-order valence-corrected chi connectivity index (χ1v) is 9.44. The predicted molar refractivity (Wildman–Crippen MR) is 92.2 cm³/mol. The molecule has 0 atom stereocenters. The second-order valence-electron chi connectivity index (χ2n) is 4.80. The van der Waals surface area contributed by atoms with E-state index in [0.29, 0.717) is 10.2 Å². The summed E-state index contributed by atoms with van der Waals surface area (Å²) < 4.78 is 49.7. The molecule has 1 N–H and O–H groups in total. The Bertz CT molecular complexity index is 827. The van der Waals surface area contributed by atoms with Gasteiger partial charge in [0, 0.05) is 4.47 Å². The summed E-state index contributed by atoms with van der Waals surface area (Å²) in [6.45, 7) is -0.490. The van der Waals surface area contributed by atoms with Crippen LogP contribution in [0, 0.1) is 5.82 Å². The summed E-state index contributed by atoms with van der Waals surface area (Å²) in [5, 5.41) is 0. The number of rotatable bonds is 8. The molecule has 0 amide bonds. The monoisotopic (exact) mass is 431 g/mol. The lowest BCUT2D eigenvalue weighted by atomic mass is 10.3. The fraction of sp³-hybridized carbons (Fsp3) is 0.188. The average molecular weight is 432 g/mol. The molecule has 2 aromatic carbocycles. The lowest BCUT2D eigenvalue weighted by Gasteiger charge is -2.09. The van der Waals surface area contributed by atoms with Gasteiger partial charge in [0.1, 0.15) is 31.3 Å². The molecule has 2 aromatic rings. The van der Waals surface area contributed by atoms with Gasteiger partial charge in [0.15, 0.2) is 0 Å². The lowest BCUT2D eigenvalue weighted by Crippen LogP contribution is -2.31. The SMILES string of the molecule is O=C(CNS(=O)(=O)c1cccc(Br)c1)OCCOc1ccc(F)cc1. The first-order chi connectivity index (χ1) is 11.9. The molecule has 0 radical (unpaired) electrons. The van der Waals surface area contributed by atoms with E-state index < -0.39 is 22.5 Å². The van der Waals surface area contributed by atoms with Gasteiger partial charge < -0.3 is 9.47 Å². The van der Waals surface area contributed by atoms with Crippen LogP contribution in [0.25, 0.3) is 0 Å². The van der Waals surface area contributed by atoms with Crippen molar-refractivity contribution in [2.45, 2.75) is 4.90 Å². The molecule has 0 aliphatic carbocycles. The van der Waals surface area contributed by atoms with Crippen LogP contribution in [0.2, 0.25) is 0 Å². The van der Waals surface area contributed by atoms with Gasteiger partial charge in [-0.2, -0.15) is 4.72 Å². The zero-order valence-electron chi connectivity index (χ0n) is 12.9. The maximum atomic E-state index is 12.7. The third-order valence-electron chi connectivity index (χ3n) is 2.94. The Morgan fingerprint density at radius 1 is 1.12 bits per heavy atom. The van der Waals surface area contributed by atoms with Crippen LogP contribution in [0.15, 0.2) is 57.9 Å². The van der Waals surface area contributed by atoms with Crippen LogP contribution in [0.5, 0.6) is 5.75 Å². The van der Waals surface area contributed by atoms with E-state index in [1.807, 2.05) is 0 Å². The van der Waals surface area contributed by atoms with Crippen LogP contribution in [0.3, 0.4) is 0 Å². The van der Waals surface area contributed by atoms with Crippen LogP contribution < -0.4 is 9.46 Å². The number of hydrogen-bond donors (Lipinski definition) is 1. The van der Waals surface area contributed by atoms with Crippen molar-refractivity contribution < 1.29 is 27.1 Å². The summed E-state index contributed by atoms with van der Waals surface area (Å²) in [7, 11) is -3.80. The summed E-state index contributed by atoms with van der Waals surface area (Å²) in [4.78, 5) is 11.6. The van der Waals surface area contributed by atoms with E-state index in [9.17, 15) is 17.6 Å². The Kier molecular flexibility index (Phi) is 6.91. The third kappa shape index (κ3) is 6.45. The second-order valence-corrected chi connectivity index (χ2v) is 7.49. The van der Waals surface area contributed by atoms with Crippen molar-refractivity contribution in [3.8, 4) is 5.75 Å². The molecular weight excluding hydrogens is 417 g/mol. The van der Waals surface area contributed by atoms with Crippen LogP contribution in [0.4, 0.5) is 4.39 Å². The number of nitrogens with one attached hydrogen (secondary N) is 1. The Labute approximate surface area is 153 Å². The van der Waals surface area contributed by atoms with Crippen LogP contribution in [-0.2, 0) is 19.6 Å². The quantitative estimate of drug-likeness (QED) is 0.512. The highest BCUT2D eigenvalue weighted by Gasteiger charge is 2.16. The maximum absolute atomic E-state index is 12.7. The topological polar surface area (TPSA) is 81.7 Å². The molecule has 0 saturated carbocycles. The van der Waals surface area contributed by atoms with Gasteiger partial charge in [0.25, 0.3) is 0 Å². The summed E-state index contributed by atoms with van der Waals surface area (Å²) in [6, 6.07) is 11.5. The predicted octanol–water partition coefficient (Wildman–Crippen LogP) is 2.49. The van der Waals surface area contributed by atoms with Crippen molar-refractivity contribution in [1.29, 1.82) is 0 Å². The van der Waals surface area contributed by atoms with E-state index in [1.165, 1.54) is 36.4 Å². The van der Waals surface area contributed by atoms with E-state index in [-0.39, 0.29) is 23.9 Å². The molecule has 0 aliphatic rings. The van der Waals surface area contributed by atoms with Crippen molar-refractivity contribution >= 4 is 31.9 Å². The molecule has 0 spiro atoms. The van der Waals surface area contributed by atoms with E-state index in [1.54, 1.807) is 12.1 Å². The highest BCUT2D eigenvalue weighted by molar-refractivity contribution is 9.10. The Balaban J connectivity index is 1.72. The molecule has 0 unspecified atom stereocenters. The number of carbonyl (C=O) groups excluding carboxylic acids is 1. The first kappa shape index (κ1) is 19.4. The first-order valence-electron chi connectivity index (χ1n) is 7.16. The minimum atomic E-state index is -3.80. The molecule has 0 aliphatic heterocycles. The highest BCUT2D eigenvalue weighted by atomic mass is 79.9. The van der Waals surface area contributed by atoms with E-state index >= 15 is 0 Å².